The molecule has 0 radical (unpaired) electrons. The zero-order valence-corrected chi connectivity index (χ0v) is 12.6. The lowest BCUT2D eigenvalue weighted by Gasteiger charge is -2.17. The van der Waals surface area contributed by atoms with E-state index in [-0.39, 0.29) is 29.5 Å². The van der Waals surface area contributed by atoms with Crippen molar-refractivity contribution in [3.63, 3.8) is 0 Å². The molecule has 0 spiro atoms. The van der Waals surface area contributed by atoms with E-state index in [1.54, 1.807) is 17.0 Å². The summed E-state index contributed by atoms with van der Waals surface area (Å²) in [5, 5.41) is 2.99. The molecule has 1 aromatic rings. The lowest BCUT2D eigenvalue weighted by atomic mass is 10.1. The third-order valence-electron chi connectivity index (χ3n) is 4.63. The Kier molecular flexibility index (Phi) is 4.41. The van der Waals surface area contributed by atoms with Gasteiger partial charge < -0.3 is 10.2 Å². The molecule has 0 aromatic heterocycles. The fraction of sp³-hybridized carbons (Fsp3) is 0.529. The molecule has 3 rings (SSSR count). The third kappa shape index (κ3) is 3.29. The topological polar surface area (TPSA) is 49.4 Å². The van der Waals surface area contributed by atoms with Crippen LogP contribution in [0.3, 0.4) is 0 Å². The molecule has 1 aromatic carbocycles. The average molecular weight is 304 g/mol. The Labute approximate surface area is 129 Å². The summed E-state index contributed by atoms with van der Waals surface area (Å²) in [4.78, 5) is 25.8. The van der Waals surface area contributed by atoms with Crippen LogP contribution in [0.4, 0.5) is 10.1 Å². The van der Waals surface area contributed by atoms with Gasteiger partial charge in [-0.1, -0.05) is 12.8 Å². The first-order valence-corrected chi connectivity index (χ1v) is 7.97. The lowest BCUT2D eigenvalue weighted by Crippen LogP contribution is -2.34. The molecular weight excluding hydrogens is 283 g/mol. The first kappa shape index (κ1) is 15.0. The number of benzene rings is 1. The Morgan fingerprint density at radius 3 is 2.59 bits per heavy atom. The van der Waals surface area contributed by atoms with Crippen LogP contribution in [0.2, 0.25) is 0 Å². The van der Waals surface area contributed by atoms with Crippen LogP contribution in [0.5, 0.6) is 0 Å². The van der Waals surface area contributed by atoms with Crippen LogP contribution < -0.4 is 10.2 Å². The Balaban J connectivity index is 1.53. The van der Waals surface area contributed by atoms with E-state index >= 15 is 0 Å². The highest BCUT2D eigenvalue weighted by atomic mass is 19.1. The van der Waals surface area contributed by atoms with E-state index in [1.807, 2.05) is 0 Å². The number of rotatable bonds is 4. The smallest absolute Gasteiger partial charge is 0.227 e. The van der Waals surface area contributed by atoms with Gasteiger partial charge in [-0.15, -0.1) is 0 Å². The van der Waals surface area contributed by atoms with Gasteiger partial charge in [0.2, 0.25) is 11.8 Å². The van der Waals surface area contributed by atoms with Gasteiger partial charge in [0.25, 0.3) is 0 Å². The molecule has 1 saturated carbocycles. The van der Waals surface area contributed by atoms with Gasteiger partial charge in [0, 0.05) is 37.0 Å². The first-order valence-electron chi connectivity index (χ1n) is 7.97. The summed E-state index contributed by atoms with van der Waals surface area (Å²) in [7, 11) is 0. The molecule has 2 fully saturated rings. The summed E-state index contributed by atoms with van der Waals surface area (Å²) in [6, 6.07) is 5.95. The van der Waals surface area contributed by atoms with E-state index < -0.39 is 0 Å². The van der Waals surface area contributed by atoms with Crippen LogP contribution in [0.1, 0.15) is 32.1 Å². The van der Waals surface area contributed by atoms with E-state index in [9.17, 15) is 14.0 Å². The third-order valence-corrected chi connectivity index (χ3v) is 4.63. The molecule has 1 N–H and O–H groups in total. The molecule has 4 nitrogen and oxygen atoms in total. The van der Waals surface area contributed by atoms with E-state index in [2.05, 4.69) is 5.32 Å². The Morgan fingerprint density at radius 1 is 1.23 bits per heavy atom. The van der Waals surface area contributed by atoms with Gasteiger partial charge >= 0.3 is 0 Å². The van der Waals surface area contributed by atoms with E-state index in [0.717, 1.165) is 31.4 Å². The minimum Gasteiger partial charge on any atom is -0.356 e. The summed E-state index contributed by atoms with van der Waals surface area (Å²) in [5.41, 5.74) is 0.719. The van der Waals surface area contributed by atoms with Crippen LogP contribution in [-0.4, -0.2) is 24.9 Å². The number of carbonyl (C=O) groups is 2. The van der Waals surface area contributed by atoms with Gasteiger partial charge in [0.15, 0.2) is 0 Å². The van der Waals surface area contributed by atoms with Gasteiger partial charge in [-0.25, -0.2) is 4.39 Å². The molecule has 2 aliphatic rings. The molecule has 1 atom stereocenters. The average Bonchev–Trinajstić information content (AvgIpc) is 3.15. The van der Waals surface area contributed by atoms with Crippen molar-refractivity contribution in [3.05, 3.63) is 30.1 Å². The molecule has 1 aliphatic heterocycles. The second kappa shape index (κ2) is 6.46. The zero-order valence-electron chi connectivity index (χ0n) is 12.6. The first-order chi connectivity index (χ1) is 10.6. The zero-order chi connectivity index (χ0) is 15.5. The Hall–Kier alpha value is -1.91. The van der Waals surface area contributed by atoms with Crippen molar-refractivity contribution in [2.75, 3.05) is 18.0 Å². The van der Waals surface area contributed by atoms with Gasteiger partial charge in [-0.05, 0) is 37.1 Å². The van der Waals surface area contributed by atoms with Crippen LogP contribution in [-0.2, 0) is 9.59 Å². The molecule has 1 aliphatic carbocycles. The van der Waals surface area contributed by atoms with Crippen molar-refractivity contribution >= 4 is 17.5 Å². The molecule has 1 saturated heterocycles. The quantitative estimate of drug-likeness (QED) is 0.929. The number of halogens is 1. The van der Waals surface area contributed by atoms with Crippen LogP contribution >= 0.6 is 0 Å². The number of amides is 2. The van der Waals surface area contributed by atoms with Crippen molar-refractivity contribution in [1.29, 1.82) is 0 Å². The maximum absolute atomic E-state index is 13.0. The van der Waals surface area contributed by atoms with Gasteiger partial charge in [-0.2, -0.15) is 0 Å². The summed E-state index contributed by atoms with van der Waals surface area (Å²) < 4.78 is 13.0. The van der Waals surface area contributed by atoms with Gasteiger partial charge in [0.1, 0.15) is 5.82 Å². The van der Waals surface area contributed by atoms with E-state index in [0.29, 0.717) is 19.5 Å². The number of carbonyl (C=O) groups excluding carboxylic acids is 2. The monoisotopic (exact) mass is 304 g/mol. The van der Waals surface area contributed by atoms with Crippen LogP contribution in [0.15, 0.2) is 24.3 Å². The predicted molar refractivity (Wildman–Crippen MR) is 81.8 cm³/mol. The van der Waals surface area contributed by atoms with Gasteiger partial charge in [-0.3, -0.25) is 9.59 Å². The fourth-order valence-electron chi connectivity index (χ4n) is 3.37. The minimum absolute atomic E-state index is 0.0340. The summed E-state index contributed by atoms with van der Waals surface area (Å²) in [6.45, 7) is 1.12. The maximum Gasteiger partial charge on any atom is 0.227 e. The van der Waals surface area contributed by atoms with Crippen molar-refractivity contribution in [2.45, 2.75) is 32.1 Å². The molecular formula is C17H21FN2O2. The molecule has 2 amide bonds. The summed E-state index contributed by atoms with van der Waals surface area (Å²) in [5.74, 6) is 0.140. The molecule has 22 heavy (non-hydrogen) atoms. The second-order valence-electron chi connectivity index (χ2n) is 6.28. The van der Waals surface area contributed by atoms with Crippen molar-refractivity contribution < 1.29 is 14.0 Å². The Morgan fingerprint density at radius 2 is 1.91 bits per heavy atom. The maximum atomic E-state index is 13.0. The van der Waals surface area contributed by atoms with Crippen molar-refractivity contribution in [3.8, 4) is 0 Å². The van der Waals surface area contributed by atoms with Crippen molar-refractivity contribution in [2.24, 2.45) is 11.8 Å². The van der Waals surface area contributed by atoms with E-state index in [4.69, 9.17) is 0 Å². The molecule has 1 heterocycles. The number of nitrogens with one attached hydrogen (secondary N) is 1. The molecule has 1 unspecified atom stereocenters. The largest absolute Gasteiger partial charge is 0.356 e. The highest BCUT2D eigenvalue weighted by Crippen LogP contribution is 2.26. The molecule has 118 valence electrons. The molecule has 5 heteroatoms. The fourth-order valence-corrected chi connectivity index (χ4v) is 3.37. The number of hydrogen-bond donors (Lipinski definition) is 1. The normalized spacial score (nSPS) is 22.3. The SMILES string of the molecule is O=C(NCC1CC(=O)N(c2ccc(F)cc2)C1)C1CCCC1. The van der Waals surface area contributed by atoms with Crippen LogP contribution in [0, 0.1) is 17.7 Å². The standard InChI is InChI=1S/C17H21FN2O2/c18-14-5-7-15(8-6-14)20-11-12(9-16(20)21)10-19-17(22)13-3-1-2-4-13/h5-8,12-13H,1-4,9-11H2,(H,19,22). The highest BCUT2D eigenvalue weighted by molar-refractivity contribution is 5.95. The van der Waals surface area contributed by atoms with E-state index in [1.165, 1.54) is 12.1 Å². The van der Waals surface area contributed by atoms with Gasteiger partial charge in [0.05, 0.1) is 0 Å². The minimum atomic E-state index is -0.309. The second-order valence-corrected chi connectivity index (χ2v) is 6.28. The summed E-state index contributed by atoms with van der Waals surface area (Å²) in [6.07, 6.45) is 4.67. The molecule has 0 bridgehead atoms. The summed E-state index contributed by atoms with van der Waals surface area (Å²) >= 11 is 0. The van der Waals surface area contributed by atoms with Crippen molar-refractivity contribution in [1.82, 2.24) is 5.32 Å². The number of hydrogen-bond acceptors (Lipinski definition) is 2. The Bertz CT molecular complexity index is 552. The number of nitrogens with zero attached hydrogens (tertiary/aromatic N) is 1. The number of anilines is 1. The predicted octanol–water partition coefficient (Wildman–Crippen LogP) is 2.49. The van der Waals surface area contributed by atoms with Crippen LogP contribution in [0.25, 0.3) is 0 Å². The lowest BCUT2D eigenvalue weighted by molar-refractivity contribution is -0.125. The highest BCUT2D eigenvalue weighted by Gasteiger charge is 2.31.